The number of fused-ring (bicyclic) bond motifs is 6. The van der Waals surface area contributed by atoms with Crippen LogP contribution >= 0.6 is 25.1 Å². The van der Waals surface area contributed by atoms with Gasteiger partial charge in [-0.05, 0) is 20.8 Å². The molecule has 0 aromatic heterocycles. The Bertz CT molecular complexity index is 1080. The van der Waals surface area contributed by atoms with Gasteiger partial charge in [-0.25, -0.2) is 9.13 Å². The second kappa shape index (κ2) is 10.5. The van der Waals surface area contributed by atoms with E-state index in [1.54, 1.807) is 20.8 Å². The molecule has 6 heterocycles. The number of aliphatic hydroxyl groups excluding tert-OH is 1. The van der Waals surface area contributed by atoms with E-state index in [9.17, 15) is 24.0 Å². The third-order valence-electron chi connectivity index (χ3n) is 8.51. The molecular formula is C21H35O16P3. The molecular weight excluding hydrogens is 601 g/mol. The van der Waals surface area contributed by atoms with Crippen molar-refractivity contribution in [3.05, 3.63) is 0 Å². The third kappa shape index (κ3) is 4.91. The Balaban J connectivity index is 1.11. The van der Waals surface area contributed by atoms with Crippen LogP contribution < -0.4 is 0 Å². The molecule has 40 heavy (non-hydrogen) atoms. The van der Waals surface area contributed by atoms with Gasteiger partial charge in [0.2, 0.25) is 0 Å². The van der Waals surface area contributed by atoms with Gasteiger partial charge in [0.25, 0.3) is 0 Å². The molecule has 15 atom stereocenters. The van der Waals surface area contributed by atoms with Gasteiger partial charge in [0, 0.05) is 9.47 Å². The number of ether oxygens (including phenoxy) is 6. The van der Waals surface area contributed by atoms with Gasteiger partial charge in [-0.15, -0.1) is 0 Å². The number of aliphatic hydroxyl groups is 1. The Morgan fingerprint density at radius 1 is 0.725 bits per heavy atom. The summed E-state index contributed by atoms with van der Waals surface area (Å²) in [6.45, 7) is 3.72. The molecule has 230 valence electrons. The molecule has 6 rings (SSSR count). The molecule has 6 bridgehead atoms. The van der Waals surface area contributed by atoms with Crippen LogP contribution in [0, 0.1) is 0 Å². The molecule has 0 aromatic rings. The number of phosphoric ester groups is 2. The second-order valence-electron chi connectivity index (χ2n) is 11.2. The first kappa shape index (κ1) is 30.4. The van der Waals surface area contributed by atoms with Crippen molar-refractivity contribution >= 4 is 25.1 Å². The zero-order valence-corrected chi connectivity index (χ0v) is 25.0. The van der Waals surface area contributed by atoms with Crippen LogP contribution in [0.2, 0.25) is 0 Å². The van der Waals surface area contributed by atoms with Crippen LogP contribution in [0.5, 0.6) is 0 Å². The maximum absolute atomic E-state index is 13.1. The average Bonchev–Trinajstić information content (AvgIpc) is 3.69. The van der Waals surface area contributed by atoms with E-state index >= 15 is 0 Å². The minimum Gasteiger partial charge on any atom is -0.393 e. The molecule has 6 fully saturated rings. The van der Waals surface area contributed by atoms with E-state index in [1.807, 2.05) is 0 Å². The molecule has 6 aliphatic rings. The van der Waals surface area contributed by atoms with Crippen molar-refractivity contribution in [2.45, 2.75) is 92.5 Å². The lowest BCUT2D eigenvalue weighted by molar-refractivity contribution is -0.159. The van der Waals surface area contributed by atoms with E-state index in [4.69, 9.17) is 51.0 Å². The van der Waals surface area contributed by atoms with E-state index in [0.717, 1.165) is 0 Å². The fourth-order valence-electron chi connectivity index (χ4n) is 6.61. The Morgan fingerprint density at radius 2 is 1.10 bits per heavy atom. The zero-order chi connectivity index (χ0) is 28.7. The van der Waals surface area contributed by atoms with Gasteiger partial charge < -0.3 is 47.8 Å². The van der Waals surface area contributed by atoms with Crippen LogP contribution in [-0.4, -0.2) is 126 Å². The fraction of sp³-hybridized carbons (Fsp3) is 1.00. The van der Waals surface area contributed by atoms with E-state index in [0.29, 0.717) is 0 Å². The summed E-state index contributed by atoms with van der Waals surface area (Å²) in [4.78, 5) is 21.2. The lowest BCUT2D eigenvalue weighted by atomic mass is 10.0. The third-order valence-corrected chi connectivity index (χ3v) is 10.7. The van der Waals surface area contributed by atoms with E-state index < -0.39 is 88.4 Å². The number of hydrogen-bond donors (Lipinski definition) is 3. The maximum Gasteiger partial charge on any atom is 0.472 e. The first-order chi connectivity index (χ1) is 18.8. The van der Waals surface area contributed by atoms with Crippen molar-refractivity contribution < 1.29 is 75.1 Å². The van der Waals surface area contributed by atoms with Gasteiger partial charge in [-0.3, -0.25) is 18.1 Å². The first-order valence-corrected chi connectivity index (χ1v) is 16.4. The molecule has 6 aliphatic heterocycles. The van der Waals surface area contributed by atoms with Gasteiger partial charge in [-0.2, -0.15) is 0 Å². The first-order valence-electron chi connectivity index (χ1n) is 12.9. The smallest absolute Gasteiger partial charge is 0.393 e. The largest absolute Gasteiger partial charge is 0.472 e. The van der Waals surface area contributed by atoms with Gasteiger partial charge in [0.15, 0.2) is 0 Å². The summed E-state index contributed by atoms with van der Waals surface area (Å²) in [6.07, 6.45) is -5.93. The maximum atomic E-state index is 13.1. The predicted octanol–water partition coefficient (Wildman–Crippen LogP) is -0.173. The quantitative estimate of drug-likeness (QED) is 0.239. The van der Waals surface area contributed by atoms with Crippen molar-refractivity contribution in [1.82, 2.24) is 0 Å². The molecule has 0 aromatic carbocycles. The minimum absolute atomic E-state index is 0.00700. The monoisotopic (exact) mass is 636 g/mol. The Kier molecular flexibility index (Phi) is 7.94. The van der Waals surface area contributed by atoms with Crippen molar-refractivity contribution in [3.8, 4) is 0 Å². The van der Waals surface area contributed by atoms with Crippen LogP contribution in [-0.2, 0) is 60.2 Å². The SMILES string of the molecule is CC1OC2(COP(=O)(O)O[C@@H]3[C@@H]4OCC3(COP(=O)(O)O[C@@H]3[C@@H]5OCC3(CO)OC5C)OC4C)CO[C@H]1[C@H]2OP. The van der Waals surface area contributed by atoms with E-state index in [1.165, 1.54) is 0 Å². The second-order valence-corrected chi connectivity index (χ2v) is 14.3. The lowest BCUT2D eigenvalue weighted by Gasteiger charge is -2.33. The van der Waals surface area contributed by atoms with Crippen LogP contribution in [0.1, 0.15) is 20.8 Å². The molecule has 0 spiro atoms. The van der Waals surface area contributed by atoms with Gasteiger partial charge in [0.05, 0.1) is 58.0 Å². The highest BCUT2D eigenvalue weighted by atomic mass is 31.2. The van der Waals surface area contributed by atoms with Crippen molar-refractivity contribution in [3.63, 3.8) is 0 Å². The van der Waals surface area contributed by atoms with Gasteiger partial charge in [0.1, 0.15) is 53.4 Å². The zero-order valence-electron chi connectivity index (χ0n) is 22.1. The highest BCUT2D eigenvalue weighted by molar-refractivity contribution is 7.47. The van der Waals surface area contributed by atoms with Crippen LogP contribution in [0.25, 0.3) is 0 Å². The van der Waals surface area contributed by atoms with Crippen LogP contribution in [0.3, 0.4) is 0 Å². The highest BCUT2D eigenvalue weighted by Gasteiger charge is 2.66. The van der Waals surface area contributed by atoms with E-state index in [2.05, 4.69) is 9.47 Å². The van der Waals surface area contributed by atoms with Crippen molar-refractivity contribution in [2.75, 3.05) is 39.6 Å². The molecule has 0 saturated carbocycles. The molecule has 16 nitrogen and oxygen atoms in total. The van der Waals surface area contributed by atoms with Crippen LogP contribution in [0.15, 0.2) is 0 Å². The predicted molar refractivity (Wildman–Crippen MR) is 132 cm³/mol. The highest BCUT2D eigenvalue weighted by Crippen LogP contribution is 2.57. The Morgan fingerprint density at radius 3 is 1.52 bits per heavy atom. The number of hydrogen-bond acceptors (Lipinski definition) is 14. The summed E-state index contributed by atoms with van der Waals surface area (Å²) in [5.41, 5.74) is -3.90. The molecule has 0 radical (unpaired) electrons. The minimum atomic E-state index is -4.77. The summed E-state index contributed by atoms with van der Waals surface area (Å²) in [5.74, 6) is 0. The molecule has 3 N–H and O–H groups in total. The summed E-state index contributed by atoms with van der Waals surface area (Å²) in [5, 5.41) is 9.84. The summed E-state index contributed by atoms with van der Waals surface area (Å²) in [7, 11) is -7.36. The van der Waals surface area contributed by atoms with Crippen molar-refractivity contribution in [2.24, 2.45) is 0 Å². The Labute approximate surface area is 232 Å². The summed E-state index contributed by atoms with van der Waals surface area (Å²) >= 11 is 0. The number of rotatable bonds is 12. The molecule has 0 aliphatic carbocycles. The number of phosphoric acid groups is 2. The summed E-state index contributed by atoms with van der Waals surface area (Å²) < 4.78 is 87.6. The van der Waals surface area contributed by atoms with Gasteiger partial charge in [-0.1, -0.05) is 0 Å². The normalized spacial score (nSPS) is 51.9. The lowest BCUT2D eigenvalue weighted by Crippen LogP contribution is -2.47. The van der Waals surface area contributed by atoms with E-state index in [-0.39, 0.29) is 38.6 Å². The molecule has 0 amide bonds. The van der Waals surface area contributed by atoms with Crippen molar-refractivity contribution in [1.29, 1.82) is 0 Å². The average molecular weight is 636 g/mol. The topological polar surface area (TPSA) is 196 Å². The Hall–Kier alpha value is 0.330. The molecule has 9 unspecified atom stereocenters. The standard InChI is InChI=1S/C21H35O16P3/c1-10-13-16(35-38)20(33-10,6-28-13)8-30-40(25,26)37-18-15-12(3)34-21(18,7-29-15)9-31-39(23,24)36-17-14-11(2)32-19(17,4-22)5-27-14/h10-18,22H,4-9,38H2,1-3H3,(H,23,24)(H,25,26)/t10?,11?,12?,13-,14-,15-,16-,17-,18-,19?,20?,21?/m1/s1. The molecule has 19 heteroatoms. The molecule has 6 saturated heterocycles. The van der Waals surface area contributed by atoms with Gasteiger partial charge >= 0.3 is 15.6 Å². The summed E-state index contributed by atoms with van der Waals surface area (Å²) in [6, 6.07) is 0. The fourth-order valence-corrected chi connectivity index (χ4v) is 9.10. The van der Waals surface area contributed by atoms with Crippen LogP contribution in [0.4, 0.5) is 0 Å².